The van der Waals surface area contributed by atoms with Gasteiger partial charge in [-0.1, -0.05) is 19.4 Å². The van der Waals surface area contributed by atoms with Crippen LogP contribution in [0.2, 0.25) is 0 Å². The number of amides is 1. The fraction of sp³-hybridized carbons (Fsp3) is 0.364. The Morgan fingerprint density at radius 3 is 2.70 bits per heavy atom. The number of pyridine rings is 2. The van der Waals surface area contributed by atoms with E-state index in [4.69, 9.17) is 0 Å². The summed E-state index contributed by atoms with van der Waals surface area (Å²) in [5.74, 6) is 0.0339. The number of hydrogen-bond donors (Lipinski definition) is 0. The number of thiophene rings is 1. The third kappa shape index (κ3) is 3.57. The molecule has 4 heterocycles. The first kappa shape index (κ1) is 20.1. The third-order valence-electron chi connectivity index (χ3n) is 5.46. The fourth-order valence-electron chi connectivity index (χ4n) is 3.91. The largest absolute Gasteiger partial charge is 0.366 e. The van der Waals surface area contributed by atoms with Gasteiger partial charge in [0.2, 0.25) is 0 Å². The van der Waals surface area contributed by atoms with Crippen molar-refractivity contribution in [1.82, 2.24) is 14.5 Å². The Labute approximate surface area is 178 Å². The first-order valence-electron chi connectivity index (χ1n) is 10.1. The standard InChI is InChI=1S/C22H23N5O2S/c1-2-3-9-27-20-16(6-4-8-24-20)19(17(15-23)21(27)28)25-10-12-26(13-11-25)22(29)18-7-5-14-30-18/h4-8,14H,2-3,9-13H2,1H3. The summed E-state index contributed by atoms with van der Waals surface area (Å²) in [6.45, 7) is 4.82. The zero-order chi connectivity index (χ0) is 21.1. The lowest BCUT2D eigenvalue weighted by atomic mass is 10.1. The molecule has 1 aliphatic rings. The Morgan fingerprint density at radius 1 is 1.23 bits per heavy atom. The lowest BCUT2D eigenvalue weighted by Gasteiger charge is -2.36. The van der Waals surface area contributed by atoms with Gasteiger partial charge in [-0.15, -0.1) is 11.3 Å². The number of fused-ring (bicyclic) bond motifs is 1. The average molecular weight is 422 g/mol. The van der Waals surface area contributed by atoms with E-state index in [-0.39, 0.29) is 17.0 Å². The summed E-state index contributed by atoms with van der Waals surface area (Å²) in [5, 5.41) is 12.5. The maximum absolute atomic E-state index is 13.1. The van der Waals surface area contributed by atoms with E-state index in [0.717, 1.165) is 23.1 Å². The van der Waals surface area contributed by atoms with Gasteiger partial charge in [-0.3, -0.25) is 14.2 Å². The summed E-state index contributed by atoms with van der Waals surface area (Å²) in [6.07, 6.45) is 3.47. The van der Waals surface area contributed by atoms with Crippen LogP contribution in [0, 0.1) is 11.3 Å². The highest BCUT2D eigenvalue weighted by Crippen LogP contribution is 2.29. The molecule has 3 aromatic heterocycles. The van der Waals surface area contributed by atoms with Gasteiger partial charge in [0.1, 0.15) is 17.3 Å². The summed E-state index contributed by atoms with van der Waals surface area (Å²) in [5.41, 5.74) is 1.12. The van der Waals surface area contributed by atoms with Crippen LogP contribution >= 0.6 is 11.3 Å². The van der Waals surface area contributed by atoms with Gasteiger partial charge >= 0.3 is 0 Å². The highest BCUT2D eigenvalue weighted by Gasteiger charge is 2.27. The van der Waals surface area contributed by atoms with Gasteiger partial charge in [0, 0.05) is 44.3 Å². The SMILES string of the molecule is CCCCn1c(=O)c(C#N)c(N2CCN(C(=O)c3cccs3)CC2)c2cccnc21. The first-order chi connectivity index (χ1) is 14.7. The molecule has 0 spiro atoms. The molecule has 0 aromatic carbocycles. The lowest BCUT2D eigenvalue weighted by Crippen LogP contribution is -2.49. The van der Waals surface area contributed by atoms with Crippen LogP contribution in [0.4, 0.5) is 5.69 Å². The minimum absolute atomic E-state index is 0.0339. The molecule has 1 aliphatic heterocycles. The Bertz CT molecular complexity index is 1150. The van der Waals surface area contributed by atoms with E-state index < -0.39 is 0 Å². The lowest BCUT2D eigenvalue weighted by molar-refractivity contribution is 0.0751. The molecule has 0 unspecified atom stereocenters. The molecule has 0 radical (unpaired) electrons. The molecule has 3 aromatic rings. The maximum atomic E-state index is 13.1. The molecule has 4 rings (SSSR count). The predicted molar refractivity (Wildman–Crippen MR) is 118 cm³/mol. The summed E-state index contributed by atoms with van der Waals surface area (Å²) in [7, 11) is 0. The van der Waals surface area contributed by atoms with Crippen LogP contribution in [0.3, 0.4) is 0 Å². The second-order valence-electron chi connectivity index (χ2n) is 7.28. The number of aryl methyl sites for hydroxylation is 1. The molecule has 154 valence electrons. The number of carbonyl (C=O) groups is 1. The van der Waals surface area contributed by atoms with Gasteiger partial charge in [0.25, 0.3) is 11.5 Å². The van der Waals surface area contributed by atoms with E-state index in [1.807, 2.05) is 39.4 Å². The molecule has 1 amide bonds. The van der Waals surface area contributed by atoms with E-state index >= 15 is 0 Å². The van der Waals surface area contributed by atoms with Crippen molar-refractivity contribution in [1.29, 1.82) is 5.26 Å². The topological polar surface area (TPSA) is 82.2 Å². The molecule has 7 nitrogen and oxygen atoms in total. The molecule has 0 aliphatic carbocycles. The third-order valence-corrected chi connectivity index (χ3v) is 6.31. The number of carbonyl (C=O) groups excluding carboxylic acids is 1. The minimum atomic E-state index is -0.288. The van der Waals surface area contributed by atoms with Crippen LogP contribution in [0.5, 0.6) is 0 Å². The first-order valence-corrected chi connectivity index (χ1v) is 11.0. The molecular weight excluding hydrogens is 398 g/mol. The quantitative estimate of drug-likeness (QED) is 0.632. The van der Waals surface area contributed by atoms with Crippen molar-refractivity contribution in [3.8, 4) is 6.07 Å². The number of rotatable bonds is 5. The molecule has 0 saturated carbocycles. The normalized spacial score (nSPS) is 14.1. The maximum Gasteiger partial charge on any atom is 0.272 e. The Hall–Kier alpha value is -3.18. The molecule has 0 atom stereocenters. The number of anilines is 1. The molecule has 8 heteroatoms. The van der Waals surface area contributed by atoms with Crippen molar-refractivity contribution in [2.45, 2.75) is 26.3 Å². The monoisotopic (exact) mass is 421 g/mol. The van der Waals surface area contributed by atoms with Gasteiger partial charge in [-0.2, -0.15) is 5.26 Å². The number of nitrogens with zero attached hydrogens (tertiary/aromatic N) is 5. The Kier molecular flexibility index (Phi) is 5.81. The van der Waals surface area contributed by atoms with Crippen LogP contribution in [0.25, 0.3) is 11.0 Å². The van der Waals surface area contributed by atoms with Crippen LogP contribution in [0.1, 0.15) is 35.0 Å². The zero-order valence-electron chi connectivity index (χ0n) is 16.9. The van der Waals surface area contributed by atoms with Crippen molar-refractivity contribution >= 4 is 34.0 Å². The number of hydrogen-bond acceptors (Lipinski definition) is 6. The summed E-state index contributed by atoms with van der Waals surface area (Å²) in [4.78, 5) is 34.8. The highest BCUT2D eigenvalue weighted by molar-refractivity contribution is 7.12. The molecular formula is C22H23N5O2S. The average Bonchev–Trinajstić information content (AvgIpc) is 3.32. The van der Waals surface area contributed by atoms with Gasteiger partial charge in [-0.05, 0) is 30.0 Å². The predicted octanol–water partition coefficient (Wildman–Crippen LogP) is 3.09. The van der Waals surface area contributed by atoms with Crippen molar-refractivity contribution < 1.29 is 4.79 Å². The number of aromatic nitrogens is 2. The van der Waals surface area contributed by atoms with Gasteiger partial charge in [-0.25, -0.2) is 4.98 Å². The molecule has 30 heavy (non-hydrogen) atoms. The van der Waals surface area contributed by atoms with Crippen LogP contribution < -0.4 is 10.5 Å². The van der Waals surface area contributed by atoms with Crippen molar-refractivity contribution in [2.75, 3.05) is 31.1 Å². The van der Waals surface area contributed by atoms with Crippen LogP contribution in [-0.2, 0) is 6.54 Å². The number of unbranched alkanes of at least 4 members (excludes halogenated alkanes) is 1. The second kappa shape index (κ2) is 8.67. The van der Waals surface area contributed by atoms with E-state index in [1.165, 1.54) is 11.3 Å². The molecule has 0 bridgehead atoms. The van der Waals surface area contributed by atoms with Crippen molar-refractivity contribution in [3.63, 3.8) is 0 Å². The van der Waals surface area contributed by atoms with Gasteiger partial charge in [0.05, 0.1) is 10.6 Å². The Morgan fingerprint density at radius 2 is 2.03 bits per heavy atom. The number of piperazine rings is 1. The zero-order valence-corrected chi connectivity index (χ0v) is 17.7. The molecule has 0 N–H and O–H groups in total. The van der Waals surface area contributed by atoms with E-state index in [0.29, 0.717) is 44.1 Å². The van der Waals surface area contributed by atoms with Crippen LogP contribution in [-0.4, -0.2) is 46.5 Å². The highest BCUT2D eigenvalue weighted by atomic mass is 32.1. The minimum Gasteiger partial charge on any atom is -0.366 e. The van der Waals surface area contributed by atoms with Gasteiger partial charge < -0.3 is 9.80 Å². The smallest absolute Gasteiger partial charge is 0.272 e. The Balaban J connectivity index is 1.69. The van der Waals surface area contributed by atoms with E-state index in [9.17, 15) is 14.9 Å². The number of nitriles is 1. The fourth-order valence-corrected chi connectivity index (χ4v) is 4.60. The second-order valence-corrected chi connectivity index (χ2v) is 8.22. The van der Waals surface area contributed by atoms with Crippen molar-refractivity contribution in [3.05, 3.63) is 56.6 Å². The summed E-state index contributed by atoms with van der Waals surface area (Å²) in [6, 6.07) is 9.61. The van der Waals surface area contributed by atoms with E-state index in [1.54, 1.807) is 10.8 Å². The van der Waals surface area contributed by atoms with Crippen molar-refractivity contribution in [2.24, 2.45) is 0 Å². The molecule has 1 fully saturated rings. The van der Waals surface area contributed by atoms with Crippen LogP contribution in [0.15, 0.2) is 40.6 Å². The van der Waals surface area contributed by atoms with E-state index in [2.05, 4.69) is 18.0 Å². The molecule has 1 saturated heterocycles. The van der Waals surface area contributed by atoms with Gasteiger partial charge in [0.15, 0.2) is 0 Å². The summed E-state index contributed by atoms with van der Waals surface area (Å²) < 4.78 is 1.62. The summed E-state index contributed by atoms with van der Waals surface area (Å²) >= 11 is 1.44.